The van der Waals surface area contributed by atoms with E-state index in [0.717, 1.165) is 30.6 Å². The predicted octanol–water partition coefficient (Wildman–Crippen LogP) is 3.87. The first-order valence-corrected chi connectivity index (χ1v) is 7.83. The van der Waals surface area contributed by atoms with E-state index in [1.54, 1.807) is 6.08 Å². The van der Waals surface area contributed by atoms with Crippen LogP contribution in [0.2, 0.25) is 0 Å². The van der Waals surface area contributed by atoms with E-state index >= 15 is 0 Å². The molecule has 116 valence electrons. The van der Waals surface area contributed by atoms with Gasteiger partial charge in [-0.25, -0.2) is 0 Å². The molecule has 1 aromatic heterocycles. The summed E-state index contributed by atoms with van der Waals surface area (Å²) in [6.07, 6.45) is 7.67. The van der Waals surface area contributed by atoms with Gasteiger partial charge in [0.1, 0.15) is 0 Å². The Morgan fingerprint density at radius 3 is 2.59 bits per heavy atom. The number of benzene rings is 1. The largest absolute Gasteiger partial charge is 0.353 e. The summed E-state index contributed by atoms with van der Waals surface area (Å²) in [5.74, 6) is 0.0681. The number of amides is 1. The van der Waals surface area contributed by atoms with Gasteiger partial charge in [0.05, 0.1) is 6.54 Å². The first-order chi connectivity index (χ1) is 10.7. The predicted molar refractivity (Wildman–Crippen MR) is 91.2 cm³/mol. The Morgan fingerprint density at radius 2 is 1.95 bits per heavy atom. The first kappa shape index (κ1) is 16.1. The van der Waals surface area contributed by atoms with Gasteiger partial charge < -0.3 is 9.47 Å². The molecular weight excluding hydrogens is 272 g/mol. The second-order valence-corrected chi connectivity index (χ2v) is 5.47. The van der Waals surface area contributed by atoms with E-state index in [0.29, 0.717) is 6.54 Å². The van der Waals surface area contributed by atoms with Crippen molar-refractivity contribution in [3.8, 4) is 0 Å². The van der Waals surface area contributed by atoms with Crippen LogP contribution in [0.1, 0.15) is 31.0 Å². The molecule has 0 aliphatic rings. The van der Waals surface area contributed by atoms with Crippen molar-refractivity contribution in [2.75, 3.05) is 6.54 Å². The number of carbonyl (C=O) groups is 1. The third kappa shape index (κ3) is 4.62. The summed E-state index contributed by atoms with van der Waals surface area (Å²) in [6, 6.07) is 14.0. The summed E-state index contributed by atoms with van der Waals surface area (Å²) in [5.41, 5.74) is 2.20. The molecule has 0 aliphatic heterocycles. The zero-order chi connectivity index (χ0) is 15.8. The average molecular weight is 296 g/mol. The molecule has 0 saturated carbocycles. The SMILES string of the molecule is CCCCN(Cc1cccn1C)C(=O)C=Cc1ccccc1. The molecule has 1 aromatic carbocycles. The molecule has 2 rings (SSSR count). The number of carbonyl (C=O) groups excluding carboxylic acids is 1. The zero-order valence-electron chi connectivity index (χ0n) is 13.4. The molecule has 0 atom stereocenters. The van der Waals surface area contributed by atoms with Gasteiger partial charge in [-0.05, 0) is 30.2 Å². The van der Waals surface area contributed by atoms with Gasteiger partial charge in [0.2, 0.25) is 5.91 Å². The van der Waals surface area contributed by atoms with Crippen LogP contribution in [0.25, 0.3) is 6.08 Å². The molecule has 0 aliphatic carbocycles. The Balaban J connectivity index is 2.05. The third-order valence-corrected chi connectivity index (χ3v) is 3.72. The van der Waals surface area contributed by atoms with E-state index in [1.807, 2.05) is 60.6 Å². The quantitative estimate of drug-likeness (QED) is 0.712. The van der Waals surface area contributed by atoms with E-state index in [9.17, 15) is 4.79 Å². The molecule has 22 heavy (non-hydrogen) atoms. The maximum atomic E-state index is 12.5. The van der Waals surface area contributed by atoms with Crippen molar-refractivity contribution >= 4 is 12.0 Å². The standard InChI is InChI=1S/C19H24N2O/c1-3-4-15-21(16-18-11-8-14-20(18)2)19(22)13-12-17-9-6-5-7-10-17/h5-14H,3-4,15-16H2,1-2H3. The number of aromatic nitrogens is 1. The lowest BCUT2D eigenvalue weighted by Gasteiger charge is -2.21. The van der Waals surface area contributed by atoms with Gasteiger partial charge in [0, 0.05) is 31.6 Å². The molecule has 3 nitrogen and oxygen atoms in total. The van der Waals surface area contributed by atoms with Gasteiger partial charge >= 0.3 is 0 Å². The summed E-state index contributed by atoms with van der Waals surface area (Å²) in [4.78, 5) is 14.4. The number of rotatable bonds is 7. The minimum absolute atomic E-state index is 0.0681. The van der Waals surface area contributed by atoms with E-state index in [1.165, 1.54) is 0 Å². The molecule has 0 N–H and O–H groups in total. The number of nitrogens with zero attached hydrogens (tertiary/aromatic N) is 2. The van der Waals surface area contributed by atoms with Crippen LogP contribution in [0.4, 0.5) is 0 Å². The fourth-order valence-corrected chi connectivity index (χ4v) is 2.31. The summed E-state index contributed by atoms with van der Waals surface area (Å²) in [6.45, 7) is 3.59. The Bertz CT molecular complexity index is 613. The second kappa shape index (κ2) is 8.23. The van der Waals surface area contributed by atoms with Crippen molar-refractivity contribution in [2.24, 2.45) is 7.05 Å². The molecule has 0 bridgehead atoms. The Hall–Kier alpha value is -2.29. The van der Waals surface area contributed by atoms with E-state index in [-0.39, 0.29) is 5.91 Å². The smallest absolute Gasteiger partial charge is 0.246 e. The molecule has 1 heterocycles. The molecule has 3 heteroatoms. The van der Waals surface area contributed by atoms with Gasteiger partial charge in [-0.15, -0.1) is 0 Å². The van der Waals surface area contributed by atoms with Gasteiger partial charge in [-0.2, -0.15) is 0 Å². The van der Waals surface area contributed by atoms with Crippen LogP contribution >= 0.6 is 0 Å². The number of unbranched alkanes of at least 4 members (excludes halogenated alkanes) is 1. The average Bonchev–Trinajstić information content (AvgIpc) is 2.95. The molecule has 2 aromatic rings. The molecule has 0 spiro atoms. The van der Waals surface area contributed by atoms with Crippen LogP contribution in [0.15, 0.2) is 54.7 Å². The van der Waals surface area contributed by atoms with Crippen molar-refractivity contribution in [1.82, 2.24) is 9.47 Å². The highest BCUT2D eigenvalue weighted by Crippen LogP contribution is 2.09. The van der Waals surface area contributed by atoms with Gasteiger partial charge in [-0.3, -0.25) is 4.79 Å². The Labute approximate surface area is 132 Å². The Kier molecular flexibility index (Phi) is 6.01. The van der Waals surface area contributed by atoms with Crippen molar-refractivity contribution < 1.29 is 4.79 Å². The Morgan fingerprint density at radius 1 is 1.18 bits per heavy atom. The van der Waals surface area contributed by atoms with Gasteiger partial charge in [0.15, 0.2) is 0 Å². The highest BCUT2D eigenvalue weighted by molar-refractivity contribution is 5.91. The number of hydrogen-bond acceptors (Lipinski definition) is 1. The summed E-state index contributed by atoms with van der Waals surface area (Å²) in [7, 11) is 2.01. The van der Waals surface area contributed by atoms with Crippen LogP contribution in [0.3, 0.4) is 0 Å². The van der Waals surface area contributed by atoms with Crippen molar-refractivity contribution in [1.29, 1.82) is 0 Å². The minimum Gasteiger partial charge on any atom is -0.353 e. The van der Waals surface area contributed by atoms with Gasteiger partial charge in [-0.1, -0.05) is 43.7 Å². The highest BCUT2D eigenvalue weighted by Gasteiger charge is 2.12. The fourth-order valence-electron chi connectivity index (χ4n) is 2.31. The maximum absolute atomic E-state index is 12.5. The van der Waals surface area contributed by atoms with Gasteiger partial charge in [0.25, 0.3) is 0 Å². The fraction of sp³-hybridized carbons (Fsp3) is 0.316. The van der Waals surface area contributed by atoms with Crippen LogP contribution in [-0.4, -0.2) is 21.9 Å². The third-order valence-electron chi connectivity index (χ3n) is 3.72. The van der Waals surface area contributed by atoms with E-state index < -0.39 is 0 Å². The van der Waals surface area contributed by atoms with Crippen LogP contribution in [0, 0.1) is 0 Å². The molecule has 0 unspecified atom stereocenters. The molecule has 0 saturated heterocycles. The van der Waals surface area contributed by atoms with E-state index in [2.05, 4.69) is 17.6 Å². The molecule has 1 amide bonds. The van der Waals surface area contributed by atoms with Crippen LogP contribution in [-0.2, 0) is 18.4 Å². The summed E-state index contributed by atoms with van der Waals surface area (Å²) in [5, 5.41) is 0. The van der Waals surface area contributed by atoms with Crippen molar-refractivity contribution in [2.45, 2.75) is 26.3 Å². The normalized spacial score (nSPS) is 11.0. The maximum Gasteiger partial charge on any atom is 0.246 e. The highest BCUT2D eigenvalue weighted by atomic mass is 16.2. The summed E-state index contributed by atoms with van der Waals surface area (Å²) >= 11 is 0. The van der Waals surface area contributed by atoms with Crippen molar-refractivity contribution in [3.05, 3.63) is 66.0 Å². The van der Waals surface area contributed by atoms with Crippen LogP contribution < -0.4 is 0 Å². The number of aryl methyl sites for hydroxylation is 1. The monoisotopic (exact) mass is 296 g/mol. The van der Waals surface area contributed by atoms with E-state index in [4.69, 9.17) is 0 Å². The number of hydrogen-bond donors (Lipinski definition) is 0. The minimum atomic E-state index is 0.0681. The lowest BCUT2D eigenvalue weighted by Crippen LogP contribution is -2.30. The lowest BCUT2D eigenvalue weighted by molar-refractivity contribution is -0.126. The zero-order valence-corrected chi connectivity index (χ0v) is 13.4. The summed E-state index contributed by atoms with van der Waals surface area (Å²) < 4.78 is 2.06. The lowest BCUT2D eigenvalue weighted by atomic mass is 10.2. The topological polar surface area (TPSA) is 25.2 Å². The first-order valence-electron chi connectivity index (χ1n) is 7.83. The van der Waals surface area contributed by atoms with Crippen molar-refractivity contribution in [3.63, 3.8) is 0 Å². The molecule has 0 radical (unpaired) electrons. The van der Waals surface area contributed by atoms with Crippen LogP contribution in [0.5, 0.6) is 0 Å². The molecule has 0 fully saturated rings. The molecular formula is C19H24N2O. The second-order valence-electron chi connectivity index (χ2n) is 5.47.